The summed E-state index contributed by atoms with van der Waals surface area (Å²) in [6, 6.07) is 4.35. The van der Waals surface area contributed by atoms with Crippen molar-refractivity contribution in [1.29, 1.82) is 0 Å². The quantitative estimate of drug-likeness (QED) is 0.510. The van der Waals surface area contributed by atoms with E-state index in [1.165, 1.54) is 9.75 Å². The molecule has 0 radical (unpaired) electrons. The number of hydrogen-bond donors (Lipinski definition) is 1. The molecule has 0 amide bonds. The Morgan fingerprint density at radius 3 is 2.87 bits per heavy atom. The Bertz CT molecular complexity index is 542. The van der Waals surface area contributed by atoms with E-state index in [1.54, 1.807) is 7.05 Å². The lowest BCUT2D eigenvalue weighted by Crippen LogP contribution is -2.48. The standard InChI is InChI=1S/C17H27N3O2S/c1-4-14-8-9-15(23-14)11-19-17(18-3)20-10-6-7-13(12-20)16(21)22-5-2/h8-9,13H,4-7,10-12H2,1-3H3,(H,18,19). The van der Waals surface area contributed by atoms with Crippen molar-refractivity contribution in [3.05, 3.63) is 21.9 Å². The van der Waals surface area contributed by atoms with Crippen molar-refractivity contribution in [3.63, 3.8) is 0 Å². The highest BCUT2D eigenvalue weighted by Crippen LogP contribution is 2.19. The molecule has 2 heterocycles. The molecule has 0 saturated carbocycles. The summed E-state index contributed by atoms with van der Waals surface area (Å²) in [5.41, 5.74) is 0. The molecule has 1 atom stereocenters. The average molecular weight is 337 g/mol. The van der Waals surface area contributed by atoms with Gasteiger partial charge in [0, 0.05) is 29.9 Å². The van der Waals surface area contributed by atoms with Crippen molar-refractivity contribution in [1.82, 2.24) is 10.2 Å². The molecule has 1 fully saturated rings. The summed E-state index contributed by atoms with van der Waals surface area (Å²) in [7, 11) is 1.79. The fourth-order valence-electron chi connectivity index (χ4n) is 2.83. The number of rotatable bonds is 5. The fourth-order valence-corrected chi connectivity index (χ4v) is 3.73. The van der Waals surface area contributed by atoms with Crippen LogP contribution in [0.25, 0.3) is 0 Å². The lowest BCUT2D eigenvalue weighted by molar-refractivity contribution is -0.149. The lowest BCUT2D eigenvalue weighted by atomic mass is 9.98. The molecule has 2 rings (SSSR count). The zero-order chi connectivity index (χ0) is 16.7. The molecule has 1 aliphatic heterocycles. The molecular weight excluding hydrogens is 310 g/mol. The number of nitrogens with zero attached hydrogens (tertiary/aromatic N) is 2. The normalized spacial score (nSPS) is 18.8. The molecule has 1 saturated heterocycles. The van der Waals surface area contributed by atoms with Gasteiger partial charge in [-0.1, -0.05) is 6.92 Å². The largest absolute Gasteiger partial charge is 0.466 e. The number of nitrogens with one attached hydrogen (secondary N) is 1. The van der Waals surface area contributed by atoms with Crippen molar-refractivity contribution in [2.45, 2.75) is 39.7 Å². The number of ether oxygens (including phenoxy) is 1. The van der Waals surface area contributed by atoms with Gasteiger partial charge in [0.15, 0.2) is 5.96 Å². The van der Waals surface area contributed by atoms with E-state index in [1.807, 2.05) is 18.3 Å². The summed E-state index contributed by atoms with van der Waals surface area (Å²) < 4.78 is 5.16. The van der Waals surface area contributed by atoms with Gasteiger partial charge in [-0.05, 0) is 38.3 Å². The highest BCUT2D eigenvalue weighted by molar-refractivity contribution is 7.11. The van der Waals surface area contributed by atoms with Gasteiger partial charge >= 0.3 is 5.97 Å². The van der Waals surface area contributed by atoms with Gasteiger partial charge in [0.1, 0.15) is 0 Å². The van der Waals surface area contributed by atoms with Gasteiger partial charge in [-0.3, -0.25) is 9.79 Å². The maximum Gasteiger partial charge on any atom is 0.310 e. The Balaban J connectivity index is 1.90. The second kappa shape index (κ2) is 8.91. The molecule has 1 aliphatic rings. The first-order valence-corrected chi connectivity index (χ1v) is 9.19. The Morgan fingerprint density at radius 2 is 2.22 bits per heavy atom. The zero-order valence-corrected chi connectivity index (χ0v) is 15.1. The monoisotopic (exact) mass is 337 g/mol. The van der Waals surface area contributed by atoms with Gasteiger partial charge in [-0.2, -0.15) is 0 Å². The van der Waals surface area contributed by atoms with Crippen LogP contribution in [-0.4, -0.2) is 43.6 Å². The first-order chi connectivity index (χ1) is 11.2. The third kappa shape index (κ3) is 4.96. The Labute approximate surface area is 142 Å². The van der Waals surface area contributed by atoms with Crippen LogP contribution in [0.5, 0.6) is 0 Å². The number of likely N-dealkylation sites (tertiary alicyclic amines) is 1. The second-order valence-electron chi connectivity index (χ2n) is 5.66. The van der Waals surface area contributed by atoms with Crippen LogP contribution in [0, 0.1) is 5.92 Å². The van der Waals surface area contributed by atoms with E-state index in [2.05, 4.69) is 34.3 Å². The number of guanidine groups is 1. The first-order valence-electron chi connectivity index (χ1n) is 8.37. The molecule has 5 nitrogen and oxygen atoms in total. The maximum atomic E-state index is 12.0. The minimum atomic E-state index is -0.0847. The fraction of sp³-hybridized carbons (Fsp3) is 0.647. The first kappa shape index (κ1) is 17.8. The summed E-state index contributed by atoms with van der Waals surface area (Å²) >= 11 is 1.83. The minimum Gasteiger partial charge on any atom is -0.466 e. The van der Waals surface area contributed by atoms with E-state index < -0.39 is 0 Å². The van der Waals surface area contributed by atoms with Crippen LogP contribution in [0.1, 0.15) is 36.4 Å². The Hall–Kier alpha value is -1.56. The van der Waals surface area contributed by atoms with Crippen LogP contribution < -0.4 is 5.32 Å². The van der Waals surface area contributed by atoms with Crippen LogP contribution in [0.4, 0.5) is 0 Å². The molecule has 1 unspecified atom stereocenters. The molecule has 1 aromatic heterocycles. The zero-order valence-electron chi connectivity index (χ0n) is 14.3. The molecule has 23 heavy (non-hydrogen) atoms. The number of hydrogen-bond acceptors (Lipinski definition) is 4. The van der Waals surface area contributed by atoms with E-state index >= 15 is 0 Å². The summed E-state index contributed by atoms with van der Waals surface area (Å²) in [4.78, 5) is 21.2. The summed E-state index contributed by atoms with van der Waals surface area (Å²) in [6.07, 6.45) is 2.97. The van der Waals surface area contributed by atoms with Crippen LogP contribution in [-0.2, 0) is 22.5 Å². The second-order valence-corrected chi connectivity index (χ2v) is 6.91. The predicted octanol–water partition coefficient (Wildman–Crippen LogP) is 2.66. The van der Waals surface area contributed by atoms with Gasteiger partial charge in [-0.25, -0.2) is 0 Å². The molecule has 1 aromatic rings. The van der Waals surface area contributed by atoms with Gasteiger partial charge in [0.05, 0.1) is 19.1 Å². The molecule has 128 valence electrons. The molecular formula is C17H27N3O2S. The number of thiophene rings is 1. The third-order valence-electron chi connectivity index (χ3n) is 4.04. The number of carbonyl (C=O) groups is 1. The number of piperidine rings is 1. The van der Waals surface area contributed by atoms with Gasteiger partial charge in [-0.15, -0.1) is 11.3 Å². The van der Waals surface area contributed by atoms with Crippen molar-refractivity contribution in [2.24, 2.45) is 10.9 Å². The predicted molar refractivity (Wildman–Crippen MR) is 94.8 cm³/mol. The van der Waals surface area contributed by atoms with Crippen molar-refractivity contribution >= 4 is 23.3 Å². The summed E-state index contributed by atoms with van der Waals surface area (Å²) in [5.74, 6) is 0.736. The smallest absolute Gasteiger partial charge is 0.310 e. The summed E-state index contributed by atoms with van der Waals surface area (Å²) in [5, 5.41) is 3.42. The Morgan fingerprint density at radius 1 is 1.43 bits per heavy atom. The maximum absolute atomic E-state index is 12.0. The van der Waals surface area contributed by atoms with Crippen LogP contribution >= 0.6 is 11.3 Å². The average Bonchev–Trinajstić information content (AvgIpc) is 3.04. The van der Waals surface area contributed by atoms with E-state index in [9.17, 15) is 4.79 Å². The number of aliphatic imine (C=N–C) groups is 1. The molecule has 0 aliphatic carbocycles. The summed E-state index contributed by atoms with van der Waals surface area (Å²) in [6.45, 7) is 6.86. The van der Waals surface area contributed by atoms with E-state index in [4.69, 9.17) is 4.74 Å². The van der Waals surface area contributed by atoms with E-state index in [0.29, 0.717) is 13.2 Å². The van der Waals surface area contributed by atoms with Crippen molar-refractivity contribution in [3.8, 4) is 0 Å². The van der Waals surface area contributed by atoms with Gasteiger partial charge in [0.25, 0.3) is 0 Å². The number of aryl methyl sites for hydroxylation is 1. The highest BCUT2D eigenvalue weighted by atomic mass is 32.1. The SMILES string of the molecule is CCOC(=O)C1CCCN(C(=NC)NCc2ccc(CC)s2)C1. The highest BCUT2D eigenvalue weighted by Gasteiger charge is 2.28. The third-order valence-corrected chi connectivity index (χ3v) is 5.27. The molecule has 1 N–H and O–H groups in total. The minimum absolute atomic E-state index is 0.0457. The topological polar surface area (TPSA) is 53.9 Å². The molecule has 6 heteroatoms. The Kier molecular flexibility index (Phi) is 6.89. The molecule has 0 aromatic carbocycles. The number of carbonyl (C=O) groups excluding carboxylic acids is 1. The molecule has 0 bridgehead atoms. The van der Waals surface area contributed by atoms with Crippen molar-refractivity contribution in [2.75, 3.05) is 26.7 Å². The van der Waals surface area contributed by atoms with Crippen LogP contribution in [0.2, 0.25) is 0 Å². The van der Waals surface area contributed by atoms with E-state index in [-0.39, 0.29) is 11.9 Å². The van der Waals surface area contributed by atoms with Gasteiger partial charge in [0.2, 0.25) is 0 Å². The van der Waals surface area contributed by atoms with Gasteiger partial charge < -0.3 is 15.0 Å². The van der Waals surface area contributed by atoms with Crippen LogP contribution in [0.3, 0.4) is 0 Å². The van der Waals surface area contributed by atoms with Crippen LogP contribution in [0.15, 0.2) is 17.1 Å². The lowest BCUT2D eigenvalue weighted by Gasteiger charge is -2.33. The molecule has 0 spiro atoms. The van der Waals surface area contributed by atoms with E-state index in [0.717, 1.165) is 38.3 Å². The van der Waals surface area contributed by atoms with Crippen molar-refractivity contribution < 1.29 is 9.53 Å². The number of esters is 1.